The molecule has 1 atom stereocenters. The van der Waals surface area contributed by atoms with Gasteiger partial charge in [-0.3, -0.25) is 14.6 Å². The SMILES string of the molecule is COC(=O)c1cccc(C(=O)N[C@H](Cc2ccc3ccccc3n2)C(N)=O)c1. The summed E-state index contributed by atoms with van der Waals surface area (Å²) in [6.07, 6.45) is 0.155. The van der Waals surface area contributed by atoms with Gasteiger partial charge in [0.15, 0.2) is 0 Å². The van der Waals surface area contributed by atoms with Gasteiger partial charge >= 0.3 is 5.97 Å². The zero-order chi connectivity index (χ0) is 20.1. The number of hydrogen-bond acceptors (Lipinski definition) is 5. The molecule has 142 valence electrons. The first-order valence-electron chi connectivity index (χ1n) is 8.61. The molecule has 0 fully saturated rings. The molecule has 28 heavy (non-hydrogen) atoms. The van der Waals surface area contributed by atoms with Crippen LogP contribution in [-0.2, 0) is 16.0 Å². The smallest absolute Gasteiger partial charge is 0.337 e. The number of benzene rings is 2. The maximum absolute atomic E-state index is 12.5. The summed E-state index contributed by atoms with van der Waals surface area (Å²) in [6.45, 7) is 0. The Morgan fingerprint density at radius 1 is 1.04 bits per heavy atom. The van der Waals surface area contributed by atoms with Gasteiger partial charge in [0.25, 0.3) is 5.91 Å². The van der Waals surface area contributed by atoms with E-state index in [1.54, 1.807) is 12.1 Å². The summed E-state index contributed by atoms with van der Waals surface area (Å²) in [5, 5.41) is 3.59. The number of esters is 1. The average molecular weight is 377 g/mol. The predicted molar refractivity (Wildman–Crippen MR) is 104 cm³/mol. The van der Waals surface area contributed by atoms with Crippen molar-refractivity contribution in [2.75, 3.05) is 7.11 Å². The first kappa shape index (κ1) is 19.0. The van der Waals surface area contributed by atoms with E-state index in [1.165, 1.54) is 25.3 Å². The van der Waals surface area contributed by atoms with Crippen molar-refractivity contribution in [3.05, 3.63) is 77.5 Å². The monoisotopic (exact) mass is 377 g/mol. The number of fused-ring (bicyclic) bond motifs is 1. The largest absolute Gasteiger partial charge is 0.465 e. The highest BCUT2D eigenvalue weighted by Gasteiger charge is 2.21. The molecule has 0 saturated heterocycles. The van der Waals surface area contributed by atoms with Crippen molar-refractivity contribution in [3.8, 4) is 0 Å². The van der Waals surface area contributed by atoms with Gasteiger partial charge in [0, 0.05) is 23.1 Å². The van der Waals surface area contributed by atoms with E-state index in [-0.39, 0.29) is 17.5 Å². The third-order valence-electron chi connectivity index (χ3n) is 4.26. The average Bonchev–Trinajstić information content (AvgIpc) is 2.72. The minimum absolute atomic E-state index is 0.155. The van der Waals surface area contributed by atoms with Crippen molar-refractivity contribution in [1.82, 2.24) is 10.3 Å². The van der Waals surface area contributed by atoms with Gasteiger partial charge in [-0.05, 0) is 30.3 Å². The number of methoxy groups -OCH3 is 1. The van der Waals surface area contributed by atoms with Crippen LogP contribution >= 0.6 is 0 Å². The molecule has 3 aromatic rings. The Balaban J connectivity index is 1.78. The minimum Gasteiger partial charge on any atom is -0.465 e. The van der Waals surface area contributed by atoms with Crippen molar-refractivity contribution < 1.29 is 19.1 Å². The van der Waals surface area contributed by atoms with Crippen LogP contribution in [-0.4, -0.2) is 35.9 Å². The highest BCUT2D eigenvalue weighted by molar-refractivity contribution is 5.99. The van der Waals surface area contributed by atoms with E-state index in [0.29, 0.717) is 5.69 Å². The fourth-order valence-electron chi connectivity index (χ4n) is 2.80. The van der Waals surface area contributed by atoms with Gasteiger partial charge < -0.3 is 15.8 Å². The summed E-state index contributed by atoms with van der Waals surface area (Å²) < 4.78 is 4.65. The molecule has 3 N–H and O–H groups in total. The standard InChI is InChI=1S/C21H19N3O4/c1-28-21(27)15-7-4-6-14(11-15)20(26)24-18(19(22)25)12-16-10-9-13-5-2-3-8-17(13)23-16/h2-11,18H,12H2,1H3,(H2,22,25)(H,24,26)/t18-/m1/s1. The number of carbonyl (C=O) groups is 3. The van der Waals surface area contributed by atoms with Gasteiger partial charge in [-0.15, -0.1) is 0 Å². The van der Waals surface area contributed by atoms with Gasteiger partial charge in [0.2, 0.25) is 5.91 Å². The van der Waals surface area contributed by atoms with Crippen molar-refractivity contribution in [2.45, 2.75) is 12.5 Å². The third-order valence-corrected chi connectivity index (χ3v) is 4.26. The Hall–Kier alpha value is -3.74. The van der Waals surface area contributed by atoms with E-state index in [0.717, 1.165) is 10.9 Å². The number of aromatic nitrogens is 1. The minimum atomic E-state index is -0.942. The lowest BCUT2D eigenvalue weighted by molar-refractivity contribution is -0.119. The number of carbonyl (C=O) groups excluding carboxylic acids is 3. The van der Waals surface area contributed by atoms with Crippen molar-refractivity contribution in [2.24, 2.45) is 5.73 Å². The molecule has 0 bridgehead atoms. The molecular weight excluding hydrogens is 358 g/mol. The van der Waals surface area contributed by atoms with Crippen LogP contribution in [0.3, 0.4) is 0 Å². The van der Waals surface area contributed by atoms with E-state index in [2.05, 4.69) is 15.0 Å². The Labute approximate surface area is 161 Å². The van der Waals surface area contributed by atoms with E-state index < -0.39 is 23.8 Å². The third kappa shape index (κ3) is 4.32. The quantitative estimate of drug-likeness (QED) is 0.637. The number of amides is 2. The summed E-state index contributed by atoms with van der Waals surface area (Å²) in [7, 11) is 1.26. The second-order valence-electron chi connectivity index (χ2n) is 6.20. The Kier molecular flexibility index (Phi) is 5.64. The molecule has 0 unspecified atom stereocenters. The van der Waals surface area contributed by atoms with Gasteiger partial charge in [-0.1, -0.05) is 30.3 Å². The van der Waals surface area contributed by atoms with Gasteiger partial charge in [-0.2, -0.15) is 0 Å². The van der Waals surface area contributed by atoms with E-state index in [9.17, 15) is 14.4 Å². The number of nitrogens with two attached hydrogens (primary N) is 1. The van der Waals surface area contributed by atoms with Crippen LogP contribution in [0.15, 0.2) is 60.7 Å². The zero-order valence-electron chi connectivity index (χ0n) is 15.2. The number of rotatable bonds is 6. The molecule has 0 aliphatic heterocycles. The van der Waals surface area contributed by atoms with Crippen LogP contribution in [0, 0.1) is 0 Å². The molecule has 2 aromatic carbocycles. The van der Waals surface area contributed by atoms with Crippen LogP contribution in [0.4, 0.5) is 0 Å². The molecule has 1 heterocycles. The molecule has 0 saturated carbocycles. The van der Waals surface area contributed by atoms with E-state index in [1.807, 2.05) is 30.3 Å². The number of nitrogens with one attached hydrogen (secondary N) is 1. The summed E-state index contributed by atoms with van der Waals surface area (Å²) in [5.74, 6) is -1.75. The van der Waals surface area contributed by atoms with Crippen molar-refractivity contribution >= 4 is 28.7 Å². The highest BCUT2D eigenvalue weighted by Crippen LogP contribution is 2.13. The lowest BCUT2D eigenvalue weighted by Gasteiger charge is -2.16. The van der Waals surface area contributed by atoms with Gasteiger partial charge in [-0.25, -0.2) is 4.79 Å². The lowest BCUT2D eigenvalue weighted by Crippen LogP contribution is -2.46. The summed E-state index contributed by atoms with van der Waals surface area (Å²) >= 11 is 0. The summed E-state index contributed by atoms with van der Waals surface area (Å²) in [6, 6.07) is 16.4. The molecule has 0 aliphatic rings. The first-order valence-corrected chi connectivity index (χ1v) is 8.61. The number of primary amides is 1. The Morgan fingerprint density at radius 3 is 2.54 bits per heavy atom. The Morgan fingerprint density at radius 2 is 1.79 bits per heavy atom. The number of nitrogens with zero attached hydrogens (tertiary/aromatic N) is 1. The first-order chi connectivity index (χ1) is 13.5. The molecule has 2 amide bonds. The highest BCUT2D eigenvalue weighted by atomic mass is 16.5. The van der Waals surface area contributed by atoms with Crippen LogP contribution in [0.25, 0.3) is 10.9 Å². The van der Waals surface area contributed by atoms with E-state index >= 15 is 0 Å². The van der Waals surface area contributed by atoms with Crippen LogP contribution in [0.2, 0.25) is 0 Å². The second kappa shape index (κ2) is 8.30. The van der Waals surface area contributed by atoms with Crippen molar-refractivity contribution in [3.63, 3.8) is 0 Å². The normalized spacial score (nSPS) is 11.6. The maximum Gasteiger partial charge on any atom is 0.337 e. The molecule has 7 heteroatoms. The predicted octanol–water partition coefficient (Wildman–Crippen LogP) is 1.85. The molecule has 0 aliphatic carbocycles. The van der Waals surface area contributed by atoms with Gasteiger partial charge in [0.1, 0.15) is 6.04 Å². The molecule has 1 aromatic heterocycles. The van der Waals surface area contributed by atoms with Crippen LogP contribution in [0.1, 0.15) is 26.4 Å². The number of pyridine rings is 1. The van der Waals surface area contributed by atoms with Gasteiger partial charge in [0.05, 0.1) is 18.2 Å². The molecule has 7 nitrogen and oxygen atoms in total. The number of ether oxygens (including phenoxy) is 1. The second-order valence-corrected chi connectivity index (χ2v) is 6.20. The topological polar surface area (TPSA) is 111 Å². The fourth-order valence-corrected chi connectivity index (χ4v) is 2.80. The number of para-hydroxylation sites is 1. The lowest BCUT2D eigenvalue weighted by atomic mass is 10.1. The Bertz CT molecular complexity index is 1050. The molecular formula is C21H19N3O4. The molecule has 3 rings (SSSR count). The van der Waals surface area contributed by atoms with E-state index in [4.69, 9.17) is 5.73 Å². The zero-order valence-corrected chi connectivity index (χ0v) is 15.2. The fraction of sp³-hybridized carbons (Fsp3) is 0.143. The number of hydrogen-bond donors (Lipinski definition) is 2. The summed E-state index contributed by atoms with van der Waals surface area (Å²) in [4.78, 5) is 40.5. The summed E-state index contributed by atoms with van der Waals surface area (Å²) in [5.41, 5.74) is 7.35. The van der Waals surface area contributed by atoms with Crippen LogP contribution < -0.4 is 11.1 Å². The van der Waals surface area contributed by atoms with Crippen LogP contribution in [0.5, 0.6) is 0 Å². The molecule has 0 spiro atoms. The molecule has 0 radical (unpaired) electrons. The maximum atomic E-state index is 12.5. The van der Waals surface area contributed by atoms with Crippen molar-refractivity contribution in [1.29, 1.82) is 0 Å².